The van der Waals surface area contributed by atoms with E-state index in [4.69, 9.17) is 13.9 Å². The lowest BCUT2D eigenvalue weighted by molar-refractivity contribution is 0.397. The van der Waals surface area contributed by atoms with Crippen LogP contribution in [-0.4, -0.2) is 33.9 Å². The maximum atomic E-state index is 11.7. The highest BCUT2D eigenvalue weighted by molar-refractivity contribution is 7.90. The molecule has 4 aromatic rings. The van der Waals surface area contributed by atoms with Crippen molar-refractivity contribution in [3.8, 4) is 33.9 Å². The summed E-state index contributed by atoms with van der Waals surface area (Å²) in [7, 11) is -0.0924. The third kappa shape index (κ3) is 4.53. The van der Waals surface area contributed by atoms with Gasteiger partial charge in [0.1, 0.15) is 23.5 Å². The zero-order chi connectivity index (χ0) is 22.7. The predicted molar refractivity (Wildman–Crippen MR) is 123 cm³/mol. The maximum absolute atomic E-state index is 11.7. The molecule has 0 amide bonds. The standard InChI is InChI=1S/C25H23NO5S/c1-29-22-14-19(18-9-11-20(12-10-18)32(3,27)28)15-23(30-2)25(22)21-16-31-24(26-21)13-17-7-5-4-6-8-17/h4-12,14-16H,13H2,1-3H3. The summed E-state index contributed by atoms with van der Waals surface area (Å²) >= 11 is 0. The molecule has 0 bridgehead atoms. The van der Waals surface area contributed by atoms with Gasteiger partial charge in [-0.1, -0.05) is 42.5 Å². The van der Waals surface area contributed by atoms with Crippen LogP contribution in [0, 0.1) is 0 Å². The van der Waals surface area contributed by atoms with Crippen molar-refractivity contribution in [2.45, 2.75) is 11.3 Å². The van der Waals surface area contributed by atoms with E-state index >= 15 is 0 Å². The second kappa shape index (κ2) is 8.88. The first-order valence-corrected chi connectivity index (χ1v) is 11.8. The van der Waals surface area contributed by atoms with Crippen molar-refractivity contribution in [1.82, 2.24) is 4.98 Å². The summed E-state index contributed by atoms with van der Waals surface area (Å²) in [5.74, 6) is 1.74. The third-order valence-electron chi connectivity index (χ3n) is 5.13. The molecule has 0 aliphatic carbocycles. The molecule has 4 rings (SSSR count). The van der Waals surface area contributed by atoms with Gasteiger partial charge in [0, 0.05) is 12.7 Å². The monoisotopic (exact) mass is 449 g/mol. The van der Waals surface area contributed by atoms with Gasteiger partial charge in [-0.3, -0.25) is 0 Å². The van der Waals surface area contributed by atoms with Crippen LogP contribution < -0.4 is 9.47 Å². The number of hydrogen-bond acceptors (Lipinski definition) is 6. The van der Waals surface area contributed by atoms with E-state index in [1.165, 1.54) is 6.26 Å². The van der Waals surface area contributed by atoms with Gasteiger partial charge in [-0.2, -0.15) is 0 Å². The van der Waals surface area contributed by atoms with Gasteiger partial charge in [0.05, 0.1) is 24.7 Å². The van der Waals surface area contributed by atoms with Gasteiger partial charge in [0.15, 0.2) is 15.7 Å². The first kappa shape index (κ1) is 21.6. The van der Waals surface area contributed by atoms with Crippen LogP contribution in [0.15, 0.2) is 82.3 Å². The predicted octanol–water partition coefficient (Wildman–Crippen LogP) is 5.02. The Labute approximate surface area is 187 Å². The van der Waals surface area contributed by atoms with Crippen LogP contribution in [0.2, 0.25) is 0 Å². The fourth-order valence-electron chi connectivity index (χ4n) is 3.50. The highest BCUT2D eigenvalue weighted by Crippen LogP contribution is 2.42. The Bertz CT molecular complexity index is 1300. The van der Waals surface area contributed by atoms with Crippen LogP contribution in [0.4, 0.5) is 0 Å². The highest BCUT2D eigenvalue weighted by Gasteiger charge is 2.19. The Hall–Kier alpha value is -3.58. The minimum absolute atomic E-state index is 0.269. The molecule has 1 aromatic heterocycles. The third-order valence-corrected chi connectivity index (χ3v) is 6.26. The normalized spacial score (nSPS) is 11.3. The van der Waals surface area contributed by atoms with Gasteiger partial charge >= 0.3 is 0 Å². The summed E-state index contributed by atoms with van der Waals surface area (Å²) in [6.07, 6.45) is 3.36. The van der Waals surface area contributed by atoms with E-state index in [1.54, 1.807) is 44.7 Å². The molecule has 0 aliphatic rings. The number of methoxy groups -OCH3 is 2. The molecule has 3 aromatic carbocycles. The van der Waals surface area contributed by atoms with Crippen LogP contribution in [-0.2, 0) is 16.3 Å². The van der Waals surface area contributed by atoms with Crippen LogP contribution in [0.5, 0.6) is 11.5 Å². The van der Waals surface area contributed by atoms with Gasteiger partial charge in [0.2, 0.25) is 0 Å². The number of oxazole rings is 1. The average Bonchev–Trinajstić information content (AvgIpc) is 3.26. The van der Waals surface area contributed by atoms with E-state index in [9.17, 15) is 8.42 Å². The van der Waals surface area contributed by atoms with Crippen molar-refractivity contribution in [1.29, 1.82) is 0 Å². The Balaban J connectivity index is 1.71. The van der Waals surface area contributed by atoms with Crippen molar-refractivity contribution >= 4 is 9.84 Å². The molecule has 1 heterocycles. The smallest absolute Gasteiger partial charge is 0.198 e. The summed E-state index contributed by atoms with van der Waals surface area (Å²) in [5, 5.41) is 0. The highest BCUT2D eigenvalue weighted by atomic mass is 32.2. The van der Waals surface area contributed by atoms with Gasteiger partial charge in [-0.15, -0.1) is 0 Å². The summed E-state index contributed by atoms with van der Waals surface area (Å²) in [6.45, 7) is 0. The number of aromatic nitrogens is 1. The van der Waals surface area contributed by atoms with Crippen molar-refractivity contribution < 1.29 is 22.3 Å². The van der Waals surface area contributed by atoms with E-state index in [0.717, 1.165) is 16.7 Å². The lowest BCUT2D eigenvalue weighted by Crippen LogP contribution is -1.97. The van der Waals surface area contributed by atoms with Crippen LogP contribution in [0.25, 0.3) is 22.4 Å². The SMILES string of the molecule is COc1cc(-c2ccc(S(C)(=O)=O)cc2)cc(OC)c1-c1coc(Cc2ccccc2)n1. The molecule has 0 aliphatic heterocycles. The van der Waals surface area contributed by atoms with E-state index in [1.807, 2.05) is 42.5 Å². The Morgan fingerprint density at radius 1 is 0.875 bits per heavy atom. The van der Waals surface area contributed by atoms with Crippen molar-refractivity contribution in [2.75, 3.05) is 20.5 Å². The molecule has 0 spiro atoms. The second-order valence-corrected chi connectivity index (χ2v) is 9.36. The van der Waals surface area contributed by atoms with E-state index in [2.05, 4.69) is 4.98 Å². The topological polar surface area (TPSA) is 78.6 Å². The fraction of sp³-hybridized carbons (Fsp3) is 0.160. The van der Waals surface area contributed by atoms with Crippen molar-refractivity contribution in [3.05, 3.63) is 84.4 Å². The van der Waals surface area contributed by atoms with E-state index in [0.29, 0.717) is 35.1 Å². The molecule has 6 nitrogen and oxygen atoms in total. The first-order valence-electron chi connectivity index (χ1n) is 9.94. The molecule has 0 radical (unpaired) electrons. The van der Waals surface area contributed by atoms with Gasteiger partial charge in [-0.05, 0) is 41.0 Å². The Kier molecular flexibility index (Phi) is 6.01. The number of benzene rings is 3. The number of rotatable bonds is 7. The maximum Gasteiger partial charge on any atom is 0.198 e. The quantitative estimate of drug-likeness (QED) is 0.394. The molecule has 0 fully saturated rings. The minimum atomic E-state index is -3.26. The second-order valence-electron chi connectivity index (χ2n) is 7.34. The van der Waals surface area contributed by atoms with Crippen molar-refractivity contribution in [3.63, 3.8) is 0 Å². The van der Waals surface area contributed by atoms with Crippen LogP contribution >= 0.6 is 0 Å². The van der Waals surface area contributed by atoms with E-state index in [-0.39, 0.29) is 4.90 Å². The largest absolute Gasteiger partial charge is 0.496 e. The lowest BCUT2D eigenvalue weighted by Gasteiger charge is -2.14. The van der Waals surface area contributed by atoms with Crippen LogP contribution in [0.3, 0.4) is 0 Å². The zero-order valence-corrected chi connectivity index (χ0v) is 18.8. The molecule has 164 valence electrons. The van der Waals surface area contributed by atoms with Crippen molar-refractivity contribution in [2.24, 2.45) is 0 Å². The summed E-state index contributed by atoms with van der Waals surface area (Å²) in [4.78, 5) is 4.91. The first-order chi connectivity index (χ1) is 15.4. The van der Waals surface area contributed by atoms with Gasteiger partial charge in [-0.25, -0.2) is 13.4 Å². The number of nitrogens with zero attached hydrogens (tertiary/aromatic N) is 1. The number of hydrogen-bond donors (Lipinski definition) is 0. The summed E-state index contributed by atoms with van der Waals surface area (Å²) in [6, 6.07) is 20.4. The molecule has 0 unspecified atom stereocenters. The number of ether oxygens (including phenoxy) is 2. The summed E-state index contributed by atoms with van der Waals surface area (Å²) < 4.78 is 40.5. The average molecular weight is 450 g/mol. The Morgan fingerprint density at radius 3 is 2.06 bits per heavy atom. The molecule has 0 N–H and O–H groups in total. The molecular weight excluding hydrogens is 426 g/mol. The van der Waals surface area contributed by atoms with Crippen LogP contribution in [0.1, 0.15) is 11.5 Å². The Morgan fingerprint density at radius 2 is 1.50 bits per heavy atom. The fourth-order valence-corrected chi connectivity index (χ4v) is 4.13. The van der Waals surface area contributed by atoms with Gasteiger partial charge < -0.3 is 13.9 Å². The zero-order valence-electron chi connectivity index (χ0n) is 18.0. The van der Waals surface area contributed by atoms with Gasteiger partial charge in [0.25, 0.3) is 0 Å². The molecular formula is C25H23NO5S. The minimum Gasteiger partial charge on any atom is -0.496 e. The molecule has 32 heavy (non-hydrogen) atoms. The lowest BCUT2D eigenvalue weighted by atomic mass is 10.0. The number of sulfone groups is 1. The molecule has 7 heteroatoms. The molecule has 0 atom stereocenters. The van der Waals surface area contributed by atoms with E-state index < -0.39 is 9.84 Å². The summed E-state index contributed by atoms with van der Waals surface area (Å²) in [5.41, 5.74) is 4.08. The molecule has 0 saturated heterocycles. The molecule has 0 saturated carbocycles.